The summed E-state index contributed by atoms with van der Waals surface area (Å²) in [4.78, 5) is 16.9. The van der Waals surface area contributed by atoms with Gasteiger partial charge in [0.25, 0.3) is 0 Å². The van der Waals surface area contributed by atoms with Crippen LogP contribution < -0.4 is 5.32 Å². The number of thioether (sulfide) groups is 1. The Balaban J connectivity index is 1.55. The van der Waals surface area contributed by atoms with Crippen molar-refractivity contribution < 1.29 is 4.79 Å². The van der Waals surface area contributed by atoms with Crippen molar-refractivity contribution in [3.8, 4) is 5.69 Å². The zero-order valence-electron chi connectivity index (χ0n) is 11.7. The van der Waals surface area contributed by atoms with Crippen LogP contribution in [0, 0.1) is 0 Å². The first-order valence-electron chi connectivity index (χ1n) is 6.74. The molecular weight excluding hydrogens is 296 g/mol. The van der Waals surface area contributed by atoms with Crippen molar-refractivity contribution in [1.29, 1.82) is 0 Å². The number of amides is 1. The standard InChI is InChI=1S/C16H14N4OS/c21-16(12-22-15-6-9-17-10-7-15)19-13-2-4-14(5-3-13)20-11-1-8-18-20/h1-11H,12H2,(H,19,21). The van der Waals surface area contributed by atoms with Crippen LogP contribution in [0.25, 0.3) is 5.69 Å². The van der Waals surface area contributed by atoms with Gasteiger partial charge in [-0.25, -0.2) is 4.68 Å². The molecule has 2 aromatic heterocycles. The van der Waals surface area contributed by atoms with Crippen molar-refractivity contribution >= 4 is 23.4 Å². The summed E-state index contributed by atoms with van der Waals surface area (Å²) in [6, 6.07) is 13.2. The van der Waals surface area contributed by atoms with Crippen LogP contribution in [0.3, 0.4) is 0 Å². The summed E-state index contributed by atoms with van der Waals surface area (Å²) in [7, 11) is 0. The van der Waals surface area contributed by atoms with Crippen LogP contribution in [0.15, 0.2) is 72.1 Å². The molecule has 0 atom stereocenters. The highest BCUT2D eigenvalue weighted by molar-refractivity contribution is 8.00. The Hall–Kier alpha value is -2.60. The van der Waals surface area contributed by atoms with E-state index in [0.29, 0.717) is 5.75 Å². The molecule has 3 aromatic rings. The number of nitrogens with zero attached hydrogens (tertiary/aromatic N) is 3. The Morgan fingerprint density at radius 3 is 2.55 bits per heavy atom. The van der Waals surface area contributed by atoms with Gasteiger partial charge in [0.15, 0.2) is 0 Å². The molecule has 0 aliphatic rings. The lowest BCUT2D eigenvalue weighted by Gasteiger charge is -2.06. The lowest BCUT2D eigenvalue weighted by atomic mass is 10.3. The molecule has 1 amide bonds. The lowest BCUT2D eigenvalue weighted by molar-refractivity contribution is -0.113. The van der Waals surface area contributed by atoms with Gasteiger partial charge in [-0.15, -0.1) is 11.8 Å². The van der Waals surface area contributed by atoms with Crippen molar-refractivity contribution in [1.82, 2.24) is 14.8 Å². The van der Waals surface area contributed by atoms with E-state index in [-0.39, 0.29) is 5.91 Å². The van der Waals surface area contributed by atoms with Gasteiger partial charge in [-0.2, -0.15) is 5.10 Å². The molecule has 0 saturated carbocycles. The van der Waals surface area contributed by atoms with Gasteiger partial charge in [-0.1, -0.05) is 0 Å². The number of pyridine rings is 1. The summed E-state index contributed by atoms with van der Waals surface area (Å²) < 4.78 is 1.77. The van der Waals surface area contributed by atoms with Gasteiger partial charge >= 0.3 is 0 Å². The average molecular weight is 310 g/mol. The Morgan fingerprint density at radius 1 is 1.09 bits per heavy atom. The molecule has 0 spiro atoms. The number of carbonyl (C=O) groups is 1. The van der Waals surface area contributed by atoms with E-state index in [9.17, 15) is 4.79 Å². The van der Waals surface area contributed by atoms with Gasteiger partial charge in [0.05, 0.1) is 11.4 Å². The summed E-state index contributed by atoms with van der Waals surface area (Å²) in [5, 5.41) is 7.04. The summed E-state index contributed by atoms with van der Waals surface area (Å²) in [6.45, 7) is 0. The fourth-order valence-electron chi connectivity index (χ4n) is 1.90. The van der Waals surface area contributed by atoms with E-state index >= 15 is 0 Å². The van der Waals surface area contributed by atoms with Crippen molar-refractivity contribution in [2.75, 3.05) is 11.1 Å². The smallest absolute Gasteiger partial charge is 0.234 e. The minimum absolute atomic E-state index is 0.0337. The maximum atomic E-state index is 11.9. The Kier molecular flexibility index (Phi) is 4.50. The van der Waals surface area contributed by atoms with Crippen LogP contribution in [-0.2, 0) is 4.79 Å². The van der Waals surface area contributed by atoms with Gasteiger partial charge in [0.2, 0.25) is 5.91 Å². The van der Waals surface area contributed by atoms with E-state index in [1.165, 1.54) is 11.8 Å². The third-order valence-corrected chi connectivity index (χ3v) is 3.95. The van der Waals surface area contributed by atoms with Gasteiger partial charge < -0.3 is 5.32 Å². The van der Waals surface area contributed by atoms with Crippen LogP contribution in [0.5, 0.6) is 0 Å². The number of rotatable bonds is 5. The summed E-state index contributed by atoms with van der Waals surface area (Å²) in [5.74, 6) is 0.332. The molecule has 0 bridgehead atoms. The first kappa shape index (κ1) is 14.3. The van der Waals surface area contributed by atoms with Gasteiger partial charge in [0, 0.05) is 35.4 Å². The first-order chi connectivity index (χ1) is 10.8. The van der Waals surface area contributed by atoms with Gasteiger partial charge in [-0.05, 0) is 42.5 Å². The van der Waals surface area contributed by atoms with E-state index in [1.54, 1.807) is 23.3 Å². The average Bonchev–Trinajstić information content (AvgIpc) is 3.09. The largest absolute Gasteiger partial charge is 0.325 e. The number of carbonyl (C=O) groups excluding carboxylic acids is 1. The monoisotopic (exact) mass is 310 g/mol. The zero-order valence-corrected chi connectivity index (χ0v) is 12.5. The second-order valence-corrected chi connectivity index (χ2v) is 5.57. The van der Waals surface area contributed by atoms with E-state index in [2.05, 4.69) is 15.4 Å². The maximum absolute atomic E-state index is 11.9. The number of benzene rings is 1. The third kappa shape index (κ3) is 3.73. The van der Waals surface area contributed by atoms with Crippen LogP contribution in [0.2, 0.25) is 0 Å². The fraction of sp³-hybridized carbons (Fsp3) is 0.0625. The molecule has 0 radical (unpaired) electrons. The van der Waals surface area contributed by atoms with Crippen molar-refractivity contribution in [3.05, 3.63) is 67.3 Å². The predicted octanol–water partition coefficient (Wildman–Crippen LogP) is 3.00. The summed E-state index contributed by atoms with van der Waals surface area (Å²) in [6.07, 6.45) is 7.04. The van der Waals surface area contributed by atoms with Crippen molar-refractivity contribution in [2.24, 2.45) is 0 Å². The van der Waals surface area contributed by atoms with Crippen LogP contribution >= 0.6 is 11.8 Å². The SMILES string of the molecule is O=C(CSc1ccncc1)Nc1ccc(-n2cccn2)cc1. The molecule has 1 aromatic carbocycles. The second-order valence-electron chi connectivity index (χ2n) is 4.52. The Morgan fingerprint density at radius 2 is 1.86 bits per heavy atom. The molecule has 0 aliphatic carbocycles. The number of aromatic nitrogens is 3. The molecule has 0 aliphatic heterocycles. The Bertz CT molecular complexity index is 727. The third-order valence-electron chi connectivity index (χ3n) is 2.94. The number of anilines is 1. The minimum atomic E-state index is -0.0337. The molecule has 0 unspecified atom stereocenters. The molecular formula is C16H14N4OS. The van der Waals surface area contributed by atoms with Crippen LogP contribution in [0.1, 0.15) is 0 Å². The molecule has 22 heavy (non-hydrogen) atoms. The zero-order chi connectivity index (χ0) is 15.2. The quantitative estimate of drug-likeness (QED) is 0.736. The van der Waals surface area contributed by atoms with Crippen LogP contribution in [-0.4, -0.2) is 26.4 Å². The highest BCUT2D eigenvalue weighted by Crippen LogP contribution is 2.17. The molecule has 1 N–H and O–H groups in total. The number of hydrogen-bond donors (Lipinski definition) is 1. The van der Waals surface area contributed by atoms with Crippen molar-refractivity contribution in [2.45, 2.75) is 4.90 Å². The topological polar surface area (TPSA) is 59.8 Å². The van der Waals surface area contributed by atoms with E-state index in [4.69, 9.17) is 0 Å². The minimum Gasteiger partial charge on any atom is -0.325 e. The summed E-state index contributed by atoms with van der Waals surface area (Å²) in [5.41, 5.74) is 1.73. The van der Waals surface area contributed by atoms with E-state index in [1.807, 2.05) is 48.7 Å². The second kappa shape index (κ2) is 6.91. The van der Waals surface area contributed by atoms with Crippen LogP contribution in [0.4, 0.5) is 5.69 Å². The molecule has 6 heteroatoms. The molecule has 0 saturated heterocycles. The predicted molar refractivity (Wildman–Crippen MR) is 87.2 cm³/mol. The molecule has 0 fully saturated rings. The fourth-order valence-corrected chi connectivity index (χ4v) is 2.58. The molecule has 3 rings (SSSR count). The number of nitrogens with one attached hydrogen (secondary N) is 1. The highest BCUT2D eigenvalue weighted by Gasteiger charge is 2.04. The summed E-state index contributed by atoms with van der Waals surface area (Å²) >= 11 is 1.48. The first-order valence-corrected chi connectivity index (χ1v) is 7.72. The Labute approximate surface area is 132 Å². The molecule has 2 heterocycles. The van der Waals surface area contributed by atoms with Crippen molar-refractivity contribution in [3.63, 3.8) is 0 Å². The van der Waals surface area contributed by atoms with Gasteiger partial charge in [0.1, 0.15) is 0 Å². The highest BCUT2D eigenvalue weighted by atomic mass is 32.2. The maximum Gasteiger partial charge on any atom is 0.234 e. The van der Waals surface area contributed by atoms with E-state index < -0.39 is 0 Å². The molecule has 5 nitrogen and oxygen atoms in total. The van der Waals surface area contributed by atoms with E-state index in [0.717, 1.165) is 16.3 Å². The number of hydrogen-bond acceptors (Lipinski definition) is 4. The lowest BCUT2D eigenvalue weighted by Crippen LogP contribution is -2.13. The van der Waals surface area contributed by atoms with Gasteiger partial charge in [-0.3, -0.25) is 9.78 Å². The molecule has 110 valence electrons. The normalized spacial score (nSPS) is 10.4.